The maximum atomic E-state index is 15.3. The van der Waals surface area contributed by atoms with E-state index in [0.717, 1.165) is 12.3 Å². The fourth-order valence-corrected chi connectivity index (χ4v) is 5.15. The zero-order chi connectivity index (χ0) is 28.6. The number of anilines is 2. The quantitative estimate of drug-likeness (QED) is 0.213. The molecule has 0 radical (unpaired) electrons. The van der Waals surface area contributed by atoms with E-state index in [1.165, 1.54) is 0 Å². The molecule has 2 aromatic rings. The molecule has 1 aliphatic heterocycles. The van der Waals surface area contributed by atoms with Crippen LogP contribution in [0.5, 0.6) is 5.88 Å². The number of aromatic nitrogens is 1. The number of nitrogens with one attached hydrogen (secondary N) is 1. The Hall–Kier alpha value is -2.25. The summed E-state index contributed by atoms with van der Waals surface area (Å²) < 4.78 is 76.5. The first-order valence-corrected chi connectivity index (χ1v) is 16.7. The van der Waals surface area contributed by atoms with Crippen LogP contribution >= 0.6 is 15.9 Å². The van der Waals surface area contributed by atoms with Crippen molar-refractivity contribution in [2.24, 2.45) is 0 Å². The molecule has 2 atom stereocenters. The minimum absolute atomic E-state index is 0.0200. The molecule has 210 valence electrons. The summed E-state index contributed by atoms with van der Waals surface area (Å²) in [6, 6.07) is 2.48. The van der Waals surface area contributed by atoms with Crippen LogP contribution in [0.15, 0.2) is 22.8 Å². The van der Waals surface area contributed by atoms with Crippen molar-refractivity contribution in [3.05, 3.63) is 45.6 Å². The Kier molecular flexibility index (Phi) is 9.14. The van der Waals surface area contributed by atoms with Crippen molar-refractivity contribution in [3.63, 3.8) is 0 Å². The predicted molar refractivity (Wildman–Crippen MR) is 144 cm³/mol. The van der Waals surface area contributed by atoms with Gasteiger partial charge in [-0.2, -0.15) is 13.2 Å². The van der Waals surface area contributed by atoms with Gasteiger partial charge in [0.1, 0.15) is 11.5 Å². The van der Waals surface area contributed by atoms with E-state index in [4.69, 9.17) is 4.74 Å². The Balaban J connectivity index is 1.97. The smallest absolute Gasteiger partial charge is 0.417 e. The average Bonchev–Trinajstić information content (AvgIpc) is 2.81. The summed E-state index contributed by atoms with van der Waals surface area (Å²) in [5.41, 5.74) is -2.45. The van der Waals surface area contributed by atoms with Gasteiger partial charge in [-0.3, -0.25) is 9.69 Å². The normalized spacial score (nSPS) is 19.0. The van der Waals surface area contributed by atoms with Crippen molar-refractivity contribution < 1.29 is 31.5 Å². The molecule has 0 spiro atoms. The highest BCUT2D eigenvalue weighted by molar-refractivity contribution is 9.10. The van der Waals surface area contributed by atoms with Gasteiger partial charge in [0.25, 0.3) is 5.91 Å². The molecule has 1 saturated heterocycles. The Labute approximate surface area is 228 Å². The van der Waals surface area contributed by atoms with Crippen molar-refractivity contribution in [2.75, 3.05) is 37.0 Å². The minimum Gasteiger partial charge on any atom is -0.478 e. The fourth-order valence-electron chi connectivity index (χ4n) is 4.13. The van der Waals surface area contributed by atoms with Gasteiger partial charge in [-0.1, -0.05) is 19.6 Å². The third-order valence-electron chi connectivity index (χ3n) is 6.61. The van der Waals surface area contributed by atoms with Crippen LogP contribution in [0.25, 0.3) is 0 Å². The number of carbonyl (C=O) groups excluding carboxylic acids is 1. The summed E-state index contributed by atoms with van der Waals surface area (Å²) in [7, 11) is 0.441. The van der Waals surface area contributed by atoms with Crippen LogP contribution in [0.4, 0.5) is 33.3 Å². The maximum Gasteiger partial charge on any atom is 0.417 e. The highest BCUT2D eigenvalue weighted by atomic mass is 79.9. The van der Waals surface area contributed by atoms with Gasteiger partial charge in [0.15, 0.2) is 5.82 Å². The summed E-state index contributed by atoms with van der Waals surface area (Å²) >= 11 is 2.83. The lowest BCUT2D eigenvalue weighted by Crippen LogP contribution is -2.55. The minimum atomic E-state index is -4.90. The largest absolute Gasteiger partial charge is 0.478 e. The number of halogens is 6. The summed E-state index contributed by atoms with van der Waals surface area (Å²) in [4.78, 5) is 20.8. The Morgan fingerprint density at radius 2 is 1.79 bits per heavy atom. The van der Waals surface area contributed by atoms with Gasteiger partial charge >= 0.3 is 6.18 Å². The molecule has 2 heterocycles. The Morgan fingerprint density at radius 1 is 1.18 bits per heavy atom. The van der Waals surface area contributed by atoms with Gasteiger partial charge in [0.05, 0.1) is 27.9 Å². The number of amides is 1. The molecular formula is C25H32BrF5N4O2Si. The zero-order valence-corrected chi connectivity index (χ0v) is 24.7. The third kappa shape index (κ3) is 7.03. The van der Waals surface area contributed by atoms with Crippen molar-refractivity contribution >= 4 is 41.3 Å². The summed E-state index contributed by atoms with van der Waals surface area (Å²) in [5, 5.41) is 2.26. The molecule has 1 aromatic heterocycles. The highest BCUT2D eigenvalue weighted by Gasteiger charge is 2.37. The van der Waals surface area contributed by atoms with Crippen molar-refractivity contribution in [1.29, 1.82) is 0 Å². The number of hydrogen-bond donors (Lipinski definition) is 1. The van der Waals surface area contributed by atoms with Crippen LogP contribution in [0.2, 0.25) is 25.7 Å². The molecule has 1 aromatic carbocycles. The number of ether oxygens (including phenoxy) is 1. The molecule has 1 aliphatic rings. The molecule has 0 saturated carbocycles. The molecule has 0 aliphatic carbocycles. The predicted octanol–water partition coefficient (Wildman–Crippen LogP) is 6.64. The van der Waals surface area contributed by atoms with Gasteiger partial charge < -0.3 is 15.0 Å². The van der Waals surface area contributed by atoms with E-state index >= 15 is 4.39 Å². The van der Waals surface area contributed by atoms with E-state index in [1.54, 1.807) is 4.90 Å². The van der Waals surface area contributed by atoms with Crippen molar-refractivity contribution in [2.45, 2.75) is 57.8 Å². The number of rotatable bonds is 7. The third-order valence-corrected chi connectivity index (χ3v) is 9.04. The first-order chi connectivity index (χ1) is 17.5. The van der Waals surface area contributed by atoms with E-state index in [1.807, 2.05) is 20.9 Å². The monoisotopic (exact) mass is 622 g/mol. The number of nitrogens with zero attached hydrogens (tertiary/aromatic N) is 3. The number of carbonyl (C=O) groups is 1. The lowest BCUT2D eigenvalue weighted by Gasteiger charge is -2.44. The van der Waals surface area contributed by atoms with Crippen LogP contribution in [0.1, 0.15) is 29.8 Å². The SMILES string of the molecule is C[C@@H]1CN(c2cc(F)c(Br)c(F)c2NC(=O)c2cnc(OCC[Si](C)(C)C)cc2C(F)(F)F)C[C@H](C)N1C. The van der Waals surface area contributed by atoms with Gasteiger partial charge in [-0.15, -0.1) is 0 Å². The van der Waals surface area contributed by atoms with E-state index in [0.29, 0.717) is 25.2 Å². The first kappa shape index (κ1) is 30.3. The maximum absolute atomic E-state index is 15.3. The van der Waals surface area contributed by atoms with Gasteiger partial charge in [-0.25, -0.2) is 13.8 Å². The molecule has 0 bridgehead atoms. The van der Waals surface area contributed by atoms with Gasteiger partial charge in [0, 0.05) is 51.6 Å². The molecule has 3 rings (SSSR count). The topological polar surface area (TPSA) is 57.7 Å². The number of piperazine rings is 1. The number of pyridine rings is 1. The second-order valence-electron chi connectivity index (χ2n) is 10.8. The van der Waals surface area contributed by atoms with E-state index < -0.39 is 53.1 Å². The molecular weight excluding hydrogens is 591 g/mol. The molecule has 38 heavy (non-hydrogen) atoms. The average molecular weight is 624 g/mol. The van der Waals surface area contributed by atoms with E-state index in [-0.39, 0.29) is 30.3 Å². The van der Waals surface area contributed by atoms with Gasteiger partial charge in [-0.05, 0) is 42.9 Å². The standard InChI is InChI=1S/C25H32BrF5N4O2Si/c1-14-12-35(13-15(2)34(14)3)19-10-18(27)21(26)22(28)23(19)33-24(36)16-11-32-20(9-17(16)25(29,30)31)37-7-8-38(4,5)6/h9-11,14-15H,7-8,12-13H2,1-6H3,(H,33,36)/t14-,15+. The second-order valence-corrected chi connectivity index (χ2v) is 17.2. The number of hydrogen-bond acceptors (Lipinski definition) is 5. The lowest BCUT2D eigenvalue weighted by atomic mass is 10.1. The molecule has 13 heteroatoms. The lowest BCUT2D eigenvalue weighted by molar-refractivity contribution is -0.138. The van der Waals surface area contributed by atoms with Crippen LogP contribution in [-0.4, -0.2) is 62.7 Å². The molecule has 6 nitrogen and oxygen atoms in total. The number of likely N-dealkylation sites (N-methyl/N-ethyl adjacent to an activating group) is 1. The van der Waals surface area contributed by atoms with Crippen molar-refractivity contribution in [3.8, 4) is 5.88 Å². The molecule has 1 fully saturated rings. The molecule has 1 N–H and O–H groups in total. The zero-order valence-electron chi connectivity index (χ0n) is 22.1. The van der Waals surface area contributed by atoms with E-state index in [9.17, 15) is 22.4 Å². The molecule has 1 amide bonds. The second kappa shape index (κ2) is 11.5. The first-order valence-electron chi connectivity index (χ1n) is 12.2. The van der Waals surface area contributed by atoms with Crippen LogP contribution in [0.3, 0.4) is 0 Å². The molecule has 0 unspecified atom stereocenters. The van der Waals surface area contributed by atoms with Crippen LogP contribution in [0, 0.1) is 11.6 Å². The Bertz CT molecular complexity index is 1180. The van der Waals surface area contributed by atoms with Crippen LogP contribution in [-0.2, 0) is 6.18 Å². The highest BCUT2D eigenvalue weighted by Crippen LogP contribution is 2.39. The summed E-state index contributed by atoms with van der Waals surface area (Å²) in [6.07, 6.45) is -4.14. The summed E-state index contributed by atoms with van der Waals surface area (Å²) in [6.45, 7) is 11.2. The number of benzene rings is 1. The van der Waals surface area contributed by atoms with Crippen LogP contribution < -0.4 is 15.0 Å². The van der Waals surface area contributed by atoms with Gasteiger partial charge in [0.2, 0.25) is 5.88 Å². The summed E-state index contributed by atoms with van der Waals surface area (Å²) in [5.74, 6) is -3.51. The van der Waals surface area contributed by atoms with E-state index in [2.05, 4.69) is 50.8 Å². The number of alkyl halides is 3. The van der Waals surface area contributed by atoms with Crippen molar-refractivity contribution in [1.82, 2.24) is 9.88 Å². The Morgan fingerprint density at radius 3 is 2.34 bits per heavy atom. The fraction of sp³-hybridized carbons (Fsp3) is 0.520.